The van der Waals surface area contributed by atoms with Crippen LogP contribution in [0, 0.1) is 0 Å². The molecule has 1 saturated heterocycles. The predicted molar refractivity (Wildman–Crippen MR) is 195 cm³/mol. The van der Waals surface area contributed by atoms with Crippen molar-refractivity contribution in [2.75, 3.05) is 25.2 Å². The molecule has 4 aromatic carbocycles. The van der Waals surface area contributed by atoms with E-state index in [-0.39, 0.29) is 6.04 Å². The normalized spacial score (nSPS) is 14.8. The van der Waals surface area contributed by atoms with E-state index in [4.69, 9.17) is 24.7 Å². The molecule has 0 N–H and O–H groups in total. The van der Waals surface area contributed by atoms with Crippen molar-refractivity contribution in [2.24, 2.45) is 0 Å². The molecule has 0 amide bonds. The molecule has 0 aliphatic carbocycles. The van der Waals surface area contributed by atoms with Gasteiger partial charge >= 0.3 is 0 Å². The second-order valence-electron chi connectivity index (χ2n) is 13.1. The molecule has 50 heavy (non-hydrogen) atoms. The third kappa shape index (κ3) is 4.98. The number of ether oxygens (including phenoxy) is 2. The molecule has 0 bridgehead atoms. The summed E-state index contributed by atoms with van der Waals surface area (Å²) in [4.78, 5) is 7.52. The van der Waals surface area contributed by atoms with E-state index in [2.05, 4.69) is 130 Å². The van der Waals surface area contributed by atoms with Crippen LogP contribution in [-0.2, 0) is 23.4 Å². The molecule has 3 aromatic heterocycles. The first kappa shape index (κ1) is 30.3. The maximum absolute atomic E-state index is 5.82. The van der Waals surface area contributed by atoms with Crippen molar-refractivity contribution < 1.29 is 9.47 Å². The topological polar surface area (TPSA) is 70.2 Å². The van der Waals surface area contributed by atoms with Crippen LogP contribution in [-0.4, -0.2) is 50.9 Å². The SMILES string of the molecule is COc1ccc(Cn2nc3c4c(nccc42)N(C2CCOCC2)Cc2nn(C(c4ccccc4)(c4ccccc4)c4ccccc4)cc2-3)cc1. The van der Waals surface area contributed by atoms with Gasteiger partial charge in [-0.1, -0.05) is 103 Å². The van der Waals surface area contributed by atoms with Crippen LogP contribution in [0.1, 0.15) is 40.8 Å². The van der Waals surface area contributed by atoms with Crippen LogP contribution in [0.15, 0.2) is 134 Å². The van der Waals surface area contributed by atoms with E-state index < -0.39 is 5.54 Å². The Kier molecular flexibility index (Phi) is 7.66. The Morgan fingerprint density at radius 3 is 1.98 bits per heavy atom. The summed E-state index contributed by atoms with van der Waals surface area (Å²) in [5.74, 6) is 1.80. The summed E-state index contributed by atoms with van der Waals surface area (Å²) in [5, 5.41) is 12.1. The minimum absolute atomic E-state index is 0.276. The van der Waals surface area contributed by atoms with Crippen molar-refractivity contribution in [3.63, 3.8) is 0 Å². The molecule has 8 heteroatoms. The lowest BCUT2D eigenvalue weighted by atomic mass is 9.77. The number of rotatable bonds is 8. The van der Waals surface area contributed by atoms with Gasteiger partial charge in [-0.15, -0.1) is 0 Å². The zero-order valence-electron chi connectivity index (χ0n) is 28.0. The number of aromatic nitrogens is 5. The molecule has 1 fully saturated rings. The molecule has 0 radical (unpaired) electrons. The lowest BCUT2D eigenvalue weighted by Gasteiger charge is -2.37. The van der Waals surface area contributed by atoms with Crippen molar-refractivity contribution in [3.05, 3.63) is 162 Å². The van der Waals surface area contributed by atoms with Crippen LogP contribution in [0.2, 0.25) is 0 Å². The van der Waals surface area contributed by atoms with Gasteiger partial charge in [0.15, 0.2) is 0 Å². The quantitative estimate of drug-likeness (QED) is 0.156. The van der Waals surface area contributed by atoms with Crippen LogP contribution in [0.4, 0.5) is 5.82 Å². The highest BCUT2D eigenvalue weighted by Crippen LogP contribution is 2.45. The zero-order valence-corrected chi connectivity index (χ0v) is 28.0. The maximum atomic E-state index is 5.82. The van der Waals surface area contributed by atoms with Crippen molar-refractivity contribution >= 4 is 16.7 Å². The average Bonchev–Trinajstić information content (AvgIpc) is 3.74. The molecule has 0 atom stereocenters. The molecule has 0 spiro atoms. The summed E-state index contributed by atoms with van der Waals surface area (Å²) in [5.41, 5.74) is 7.79. The van der Waals surface area contributed by atoms with Gasteiger partial charge in [0, 0.05) is 37.2 Å². The highest BCUT2D eigenvalue weighted by atomic mass is 16.5. The van der Waals surface area contributed by atoms with E-state index in [9.17, 15) is 0 Å². The van der Waals surface area contributed by atoms with Crippen LogP contribution in [0.25, 0.3) is 22.2 Å². The number of benzene rings is 4. The Hall–Kier alpha value is -5.73. The number of pyridine rings is 1. The van der Waals surface area contributed by atoms with Gasteiger partial charge in [0.05, 0.1) is 36.8 Å². The number of fused-ring (bicyclic) bond motifs is 2. The van der Waals surface area contributed by atoms with Crippen molar-refractivity contribution in [1.82, 2.24) is 24.5 Å². The summed E-state index contributed by atoms with van der Waals surface area (Å²) in [6, 6.07) is 42.8. The third-order valence-electron chi connectivity index (χ3n) is 10.3. The minimum Gasteiger partial charge on any atom is -0.497 e. The van der Waals surface area contributed by atoms with Crippen molar-refractivity contribution in [3.8, 4) is 17.0 Å². The maximum Gasteiger partial charge on any atom is 0.140 e. The molecule has 8 nitrogen and oxygen atoms in total. The Labute approximate surface area is 291 Å². The summed E-state index contributed by atoms with van der Waals surface area (Å²) < 4.78 is 15.6. The van der Waals surface area contributed by atoms with Gasteiger partial charge in [-0.25, -0.2) is 4.98 Å². The molecule has 5 heterocycles. The van der Waals surface area contributed by atoms with E-state index in [0.29, 0.717) is 13.1 Å². The Bertz CT molecular complexity index is 2140. The fourth-order valence-corrected chi connectivity index (χ4v) is 7.90. The smallest absolute Gasteiger partial charge is 0.140 e. The summed E-state index contributed by atoms with van der Waals surface area (Å²) >= 11 is 0. The van der Waals surface area contributed by atoms with Crippen LogP contribution in [0.3, 0.4) is 0 Å². The first-order chi connectivity index (χ1) is 24.7. The fraction of sp³-hybridized carbons (Fsp3) is 0.214. The highest BCUT2D eigenvalue weighted by molar-refractivity contribution is 6.02. The van der Waals surface area contributed by atoms with E-state index in [1.165, 1.54) is 0 Å². The number of anilines is 1. The molecule has 7 aromatic rings. The van der Waals surface area contributed by atoms with E-state index in [1.54, 1.807) is 7.11 Å². The van der Waals surface area contributed by atoms with E-state index in [1.807, 2.05) is 18.3 Å². The molecule has 0 saturated carbocycles. The molecular formula is C42H38N6O2. The molecule has 248 valence electrons. The monoisotopic (exact) mass is 658 g/mol. The van der Waals surface area contributed by atoms with Gasteiger partial charge in [0.1, 0.15) is 22.8 Å². The standard InChI is InChI=1S/C42H38N6O2/c1-49-35-19-17-30(18-20-35)27-47-38-21-24-43-41-39(38)40(45-47)36-28-48(44-37(36)29-46(41)34-22-25-50-26-23-34)42(31-11-5-2-6-12-31,32-13-7-3-8-14-32)33-15-9-4-10-16-33/h2-21,24,28,34H,22-23,25-27,29H2,1H3. The largest absolute Gasteiger partial charge is 0.497 e. The number of hydrogen-bond acceptors (Lipinski definition) is 6. The molecule has 0 unspecified atom stereocenters. The molecule has 2 aliphatic heterocycles. The lowest BCUT2D eigenvalue weighted by molar-refractivity contribution is 0.0839. The van der Waals surface area contributed by atoms with E-state index >= 15 is 0 Å². The highest BCUT2D eigenvalue weighted by Gasteiger charge is 2.41. The summed E-state index contributed by atoms with van der Waals surface area (Å²) in [6.07, 6.45) is 6.03. The zero-order chi connectivity index (χ0) is 33.5. The summed E-state index contributed by atoms with van der Waals surface area (Å²) in [7, 11) is 1.69. The van der Waals surface area contributed by atoms with Gasteiger partial charge in [-0.05, 0) is 53.3 Å². The Balaban J connectivity index is 1.30. The predicted octanol–water partition coefficient (Wildman–Crippen LogP) is 7.69. The Morgan fingerprint density at radius 2 is 1.38 bits per heavy atom. The Morgan fingerprint density at radius 1 is 0.760 bits per heavy atom. The fourth-order valence-electron chi connectivity index (χ4n) is 7.90. The number of methoxy groups -OCH3 is 1. The first-order valence-corrected chi connectivity index (χ1v) is 17.3. The molecule has 2 aliphatic rings. The van der Waals surface area contributed by atoms with Crippen LogP contribution in [0.5, 0.6) is 5.75 Å². The number of hydrogen-bond donors (Lipinski definition) is 0. The third-order valence-corrected chi connectivity index (χ3v) is 10.3. The second kappa shape index (κ2) is 12.6. The summed E-state index contributed by atoms with van der Waals surface area (Å²) in [6.45, 7) is 2.72. The first-order valence-electron chi connectivity index (χ1n) is 17.3. The van der Waals surface area contributed by atoms with Gasteiger partial charge < -0.3 is 14.4 Å². The van der Waals surface area contributed by atoms with Crippen LogP contribution >= 0.6 is 0 Å². The van der Waals surface area contributed by atoms with E-state index in [0.717, 1.165) is 87.7 Å². The molecular weight excluding hydrogens is 621 g/mol. The van der Waals surface area contributed by atoms with Crippen LogP contribution < -0.4 is 9.64 Å². The number of nitrogens with zero attached hydrogens (tertiary/aromatic N) is 6. The molecule has 9 rings (SSSR count). The van der Waals surface area contributed by atoms with Gasteiger partial charge in [-0.3, -0.25) is 9.36 Å². The van der Waals surface area contributed by atoms with Gasteiger partial charge in [-0.2, -0.15) is 10.2 Å². The minimum atomic E-state index is -0.734. The second-order valence-corrected chi connectivity index (χ2v) is 13.1. The van der Waals surface area contributed by atoms with Crippen molar-refractivity contribution in [2.45, 2.75) is 37.5 Å². The van der Waals surface area contributed by atoms with Gasteiger partial charge in [0.2, 0.25) is 0 Å². The van der Waals surface area contributed by atoms with Gasteiger partial charge in [0.25, 0.3) is 0 Å². The lowest BCUT2D eigenvalue weighted by Crippen LogP contribution is -2.40. The average molecular weight is 659 g/mol. The van der Waals surface area contributed by atoms with Crippen molar-refractivity contribution in [1.29, 1.82) is 0 Å².